The molecule has 0 atom stereocenters. The molecule has 2 rings (SSSR count). The summed E-state index contributed by atoms with van der Waals surface area (Å²) in [5.41, 5.74) is 1.81. The molecular formula is C18H19BrFNO3. The lowest BCUT2D eigenvalue weighted by Crippen LogP contribution is -2.18. The number of ether oxygens (including phenoxy) is 2. The Morgan fingerprint density at radius 2 is 2.00 bits per heavy atom. The number of benzene rings is 2. The van der Waals surface area contributed by atoms with Crippen molar-refractivity contribution in [3.8, 4) is 5.75 Å². The minimum Gasteiger partial charge on any atom is -0.487 e. The van der Waals surface area contributed by atoms with Crippen molar-refractivity contribution in [2.45, 2.75) is 20.5 Å². The Balaban J connectivity index is 2.20. The molecule has 128 valence electrons. The highest BCUT2D eigenvalue weighted by Gasteiger charge is 2.17. The third-order valence-corrected chi connectivity index (χ3v) is 4.28. The van der Waals surface area contributed by atoms with Crippen LogP contribution in [-0.2, 0) is 16.1 Å². The van der Waals surface area contributed by atoms with Crippen molar-refractivity contribution in [2.24, 2.45) is 0 Å². The molecule has 0 spiro atoms. The zero-order chi connectivity index (χ0) is 17.5. The molecule has 0 aromatic heterocycles. The Kier molecular flexibility index (Phi) is 6.61. The van der Waals surface area contributed by atoms with E-state index in [4.69, 9.17) is 9.47 Å². The van der Waals surface area contributed by atoms with Crippen LogP contribution >= 0.6 is 15.9 Å². The Hall–Kier alpha value is -2.08. The fourth-order valence-corrected chi connectivity index (χ4v) is 2.42. The van der Waals surface area contributed by atoms with E-state index in [1.807, 2.05) is 30.3 Å². The van der Waals surface area contributed by atoms with Gasteiger partial charge >= 0.3 is 5.97 Å². The van der Waals surface area contributed by atoms with Gasteiger partial charge in [-0.15, -0.1) is 0 Å². The Morgan fingerprint density at radius 1 is 1.29 bits per heavy atom. The van der Waals surface area contributed by atoms with E-state index in [1.54, 1.807) is 19.9 Å². The molecule has 0 unspecified atom stereocenters. The maximum atomic E-state index is 14.5. The molecule has 0 aliphatic carbocycles. The first-order valence-electron chi connectivity index (χ1n) is 7.57. The first-order chi connectivity index (χ1) is 11.5. The minimum absolute atomic E-state index is 0.136. The molecule has 1 N–H and O–H groups in total. The van der Waals surface area contributed by atoms with Gasteiger partial charge in [-0.1, -0.05) is 30.3 Å². The minimum atomic E-state index is -0.498. The molecule has 2 aromatic rings. The number of esters is 1. The molecule has 0 radical (unpaired) electrons. The van der Waals surface area contributed by atoms with Crippen molar-refractivity contribution in [1.82, 2.24) is 0 Å². The average molecular weight is 396 g/mol. The van der Waals surface area contributed by atoms with E-state index in [1.165, 1.54) is 0 Å². The van der Waals surface area contributed by atoms with Crippen LogP contribution in [0.25, 0.3) is 0 Å². The largest absolute Gasteiger partial charge is 0.487 e. The third-order valence-electron chi connectivity index (χ3n) is 3.30. The molecule has 0 amide bonds. The van der Waals surface area contributed by atoms with E-state index in [0.29, 0.717) is 22.4 Å². The predicted octanol–water partition coefficient (Wildman–Crippen LogP) is 4.45. The van der Waals surface area contributed by atoms with Gasteiger partial charge in [-0.25, -0.2) is 4.39 Å². The zero-order valence-corrected chi connectivity index (χ0v) is 15.2. The Labute approximate surface area is 149 Å². The number of rotatable bonds is 7. The molecule has 0 saturated carbocycles. The summed E-state index contributed by atoms with van der Waals surface area (Å²) in [4.78, 5) is 11.5. The molecular weight excluding hydrogens is 377 g/mol. The highest BCUT2D eigenvalue weighted by Crippen LogP contribution is 2.35. The lowest BCUT2D eigenvalue weighted by atomic mass is 10.2. The average Bonchev–Trinajstić information content (AvgIpc) is 2.58. The van der Waals surface area contributed by atoms with Crippen LogP contribution < -0.4 is 10.1 Å². The fraction of sp³-hybridized carbons (Fsp3) is 0.278. The van der Waals surface area contributed by atoms with Gasteiger partial charge in [-0.3, -0.25) is 4.79 Å². The normalized spacial score (nSPS) is 10.3. The van der Waals surface area contributed by atoms with Crippen molar-refractivity contribution < 1.29 is 18.7 Å². The summed E-state index contributed by atoms with van der Waals surface area (Å²) in [5, 5.41) is 2.77. The summed E-state index contributed by atoms with van der Waals surface area (Å²) in [6.45, 7) is 3.93. The smallest absolute Gasteiger partial charge is 0.325 e. The second kappa shape index (κ2) is 8.68. The summed E-state index contributed by atoms with van der Waals surface area (Å²) in [6, 6.07) is 11.3. The van der Waals surface area contributed by atoms with E-state index >= 15 is 0 Å². The SMILES string of the molecule is CCOC(=O)CNc1c(OCc2ccccc2)cc(C)c(Br)c1F. The van der Waals surface area contributed by atoms with Gasteiger partial charge in [-0.2, -0.15) is 0 Å². The van der Waals surface area contributed by atoms with Crippen LogP contribution in [0.3, 0.4) is 0 Å². The third kappa shape index (κ3) is 4.71. The topological polar surface area (TPSA) is 47.6 Å². The summed E-state index contributed by atoms with van der Waals surface area (Å²) < 4.78 is 25.5. The molecule has 0 fully saturated rings. The fourth-order valence-electron chi connectivity index (χ4n) is 2.11. The summed E-state index contributed by atoms with van der Waals surface area (Å²) in [5.74, 6) is -0.605. The van der Waals surface area contributed by atoms with Crippen molar-refractivity contribution in [1.29, 1.82) is 0 Å². The van der Waals surface area contributed by atoms with Crippen LogP contribution in [0.5, 0.6) is 5.75 Å². The number of anilines is 1. The van der Waals surface area contributed by atoms with Crippen molar-refractivity contribution >= 4 is 27.6 Å². The molecule has 4 nitrogen and oxygen atoms in total. The molecule has 0 saturated heterocycles. The van der Waals surface area contributed by atoms with Crippen LogP contribution in [0.2, 0.25) is 0 Å². The Morgan fingerprint density at radius 3 is 2.67 bits per heavy atom. The first kappa shape index (κ1) is 18.3. The van der Waals surface area contributed by atoms with E-state index in [9.17, 15) is 9.18 Å². The summed E-state index contributed by atoms with van der Waals surface area (Å²) in [7, 11) is 0. The lowest BCUT2D eigenvalue weighted by Gasteiger charge is -2.16. The van der Waals surface area contributed by atoms with Gasteiger partial charge in [0.25, 0.3) is 0 Å². The molecule has 0 aliphatic rings. The quantitative estimate of drug-likeness (QED) is 0.703. The van der Waals surface area contributed by atoms with Crippen molar-refractivity contribution in [2.75, 3.05) is 18.5 Å². The molecule has 2 aromatic carbocycles. The van der Waals surface area contributed by atoms with Gasteiger partial charge in [-0.05, 0) is 47.0 Å². The van der Waals surface area contributed by atoms with E-state index in [0.717, 1.165) is 5.56 Å². The summed E-state index contributed by atoms with van der Waals surface area (Å²) in [6.07, 6.45) is 0. The van der Waals surface area contributed by atoms with Crippen LogP contribution in [-0.4, -0.2) is 19.1 Å². The van der Waals surface area contributed by atoms with E-state index in [2.05, 4.69) is 21.2 Å². The molecule has 0 heterocycles. The highest BCUT2D eigenvalue weighted by molar-refractivity contribution is 9.10. The second-order valence-electron chi connectivity index (χ2n) is 5.13. The number of aryl methyl sites for hydroxylation is 1. The van der Waals surface area contributed by atoms with E-state index < -0.39 is 11.8 Å². The standard InChI is InChI=1S/C18H19BrFNO3/c1-3-23-15(22)10-21-18-14(9-12(2)16(19)17(18)20)24-11-13-7-5-4-6-8-13/h4-9,21H,3,10-11H2,1-2H3. The number of nitrogens with one attached hydrogen (secondary N) is 1. The summed E-state index contributed by atoms with van der Waals surface area (Å²) >= 11 is 3.21. The molecule has 24 heavy (non-hydrogen) atoms. The van der Waals surface area contributed by atoms with Crippen molar-refractivity contribution in [3.63, 3.8) is 0 Å². The number of hydrogen-bond acceptors (Lipinski definition) is 4. The van der Waals surface area contributed by atoms with Gasteiger partial charge in [0.15, 0.2) is 5.82 Å². The number of carbonyl (C=O) groups excluding carboxylic acids is 1. The number of halogens is 2. The van der Waals surface area contributed by atoms with E-state index in [-0.39, 0.29) is 18.8 Å². The highest BCUT2D eigenvalue weighted by atomic mass is 79.9. The molecule has 0 aliphatic heterocycles. The van der Waals surface area contributed by atoms with Gasteiger partial charge in [0, 0.05) is 0 Å². The second-order valence-corrected chi connectivity index (χ2v) is 5.92. The van der Waals surface area contributed by atoms with Gasteiger partial charge in [0.2, 0.25) is 0 Å². The monoisotopic (exact) mass is 395 g/mol. The van der Waals surface area contributed by atoms with Crippen LogP contribution in [0.15, 0.2) is 40.9 Å². The Bertz CT molecular complexity index is 707. The maximum absolute atomic E-state index is 14.5. The van der Waals surface area contributed by atoms with Crippen LogP contribution in [0.4, 0.5) is 10.1 Å². The first-order valence-corrected chi connectivity index (χ1v) is 8.37. The predicted molar refractivity (Wildman–Crippen MR) is 94.7 cm³/mol. The number of carbonyl (C=O) groups is 1. The molecule has 6 heteroatoms. The zero-order valence-electron chi connectivity index (χ0n) is 13.6. The maximum Gasteiger partial charge on any atom is 0.325 e. The van der Waals surface area contributed by atoms with Crippen molar-refractivity contribution in [3.05, 3.63) is 57.8 Å². The van der Waals surface area contributed by atoms with Crippen LogP contribution in [0, 0.1) is 12.7 Å². The van der Waals surface area contributed by atoms with Gasteiger partial charge in [0.05, 0.1) is 11.1 Å². The lowest BCUT2D eigenvalue weighted by molar-refractivity contribution is -0.140. The molecule has 0 bridgehead atoms. The number of hydrogen-bond donors (Lipinski definition) is 1. The van der Waals surface area contributed by atoms with Gasteiger partial charge < -0.3 is 14.8 Å². The van der Waals surface area contributed by atoms with Gasteiger partial charge in [0.1, 0.15) is 24.6 Å². The van der Waals surface area contributed by atoms with Crippen LogP contribution in [0.1, 0.15) is 18.1 Å².